The van der Waals surface area contributed by atoms with Crippen molar-refractivity contribution >= 4 is 38.6 Å². The molecule has 1 aromatic heterocycles. The van der Waals surface area contributed by atoms with E-state index in [1.807, 2.05) is 6.92 Å². The molecule has 1 aliphatic rings. The van der Waals surface area contributed by atoms with Crippen molar-refractivity contribution in [1.29, 1.82) is 0 Å². The maximum absolute atomic E-state index is 12.6. The van der Waals surface area contributed by atoms with Crippen molar-refractivity contribution in [2.24, 2.45) is 0 Å². The first kappa shape index (κ1) is 22.5. The van der Waals surface area contributed by atoms with Crippen LogP contribution in [0.15, 0.2) is 50.5 Å². The van der Waals surface area contributed by atoms with E-state index in [2.05, 4.69) is 4.72 Å². The Morgan fingerprint density at radius 3 is 2.47 bits per heavy atom. The zero-order chi connectivity index (χ0) is 23.0. The number of nitrogens with one attached hydrogen (secondary N) is 1. The van der Waals surface area contributed by atoms with Gasteiger partial charge in [-0.2, -0.15) is 4.72 Å². The van der Waals surface area contributed by atoms with E-state index in [0.29, 0.717) is 12.0 Å². The van der Waals surface area contributed by atoms with Crippen LogP contribution in [-0.2, 0) is 27.7 Å². The van der Waals surface area contributed by atoms with Gasteiger partial charge >= 0.3 is 11.6 Å². The van der Waals surface area contributed by atoms with Crippen LogP contribution in [0, 0.1) is 6.92 Å². The average Bonchev–Trinajstić information content (AvgIpc) is 2.75. The first-order valence-corrected chi connectivity index (χ1v) is 12.1. The molecule has 2 aromatic carbocycles. The molecule has 0 radical (unpaired) electrons. The molecule has 4 rings (SSSR count). The van der Waals surface area contributed by atoms with Gasteiger partial charge in [0.1, 0.15) is 11.6 Å². The Bertz CT molecular complexity index is 1360. The van der Waals surface area contributed by atoms with E-state index in [0.717, 1.165) is 35.8 Å². The van der Waals surface area contributed by atoms with Crippen LogP contribution in [0.2, 0.25) is 5.02 Å². The number of carbonyl (C=O) groups is 1. The topological polar surface area (TPSA) is 103 Å². The minimum atomic E-state index is -3.92. The molecule has 3 aromatic rings. The van der Waals surface area contributed by atoms with Crippen molar-refractivity contribution < 1.29 is 22.4 Å². The molecule has 0 unspecified atom stereocenters. The van der Waals surface area contributed by atoms with Crippen LogP contribution < -0.4 is 15.1 Å². The highest BCUT2D eigenvalue weighted by atomic mass is 35.5. The third kappa shape index (κ3) is 4.44. The van der Waals surface area contributed by atoms with Gasteiger partial charge in [-0.1, -0.05) is 29.3 Å². The van der Waals surface area contributed by atoms with Gasteiger partial charge in [0.25, 0.3) is 0 Å². The van der Waals surface area contributed by atoms with Crippen LogP contribution in [0.1, 0.15) is 36.5 Å². The zero-order valence-electron chi connectivity index (χ0n) is 17.6. The first-order chi connectivity index (χ1) is 15.2. The molecule has 32 heavy (non-hydrogen) atoms. The summed E-state index contributed by atoms with van der Waals surface area (Å²) < 4.78 is 38.1. The SMILES string of the molecule is Cc1ccc(S(=O)(=O)N[C@@H](C)C(=O)Oc2cc3oc(=O)c4c(c3cc2Cl)CCCC4)cc1. The Labute approximate surface area is 190 Å². The summed E-state index contributed by atoms with van der Waals surface area (Å²) in [5, 5.41) is 0.887. The molecule has 7 nitrogen and oxygen atoms in total. The van der Waals surface area contributed by atoms with Gasteiger partial charge in [0.15, 0.2) is 5.75 Å². The van der Waals surface area contributed by atoms with E-state index in [-0.39, 0.29) is 21.3 Å². The fourth-order valence-electron chi connectivity index (χ4n) is 3.79. The Morgan fingerprint density at radius 1 is 1.12 bits per heavy atom. The fraction of sp³-hybridized carbons (Fsp3) is 0.304. The van der Waals surface area contributed by atoms with Crippen molar-refractivity contribution in [3.63, 3.8) is 0 Å². The summed E-state index contributed by atoms with van der Waals surface area (Å²) in [6, 6.07) is 8.08. The minimum absolute atomic E-state index is 0.00976. The third-order valence-electron chi connectivity index (χ3n) is 5.50. The molecule has 0 amide bonds. The highest BCUT2D eigenvalue weighted by molar-refractivity contribution is 7.89. The van der Waals surface area contributed by atoms with Gasteiger partial charge in [0.2, 0.25) is 10.0 Å². The lowest BCUT2D eigenvalue weighted by atomic mass is 9.91. The summed E-state index contributed by atoms with van der Waals surface area (Å²) in [5.41, 5.74) is 2.38. The molecule has 1 N–H and O–H groups in total. The summed E-state index contributed by atoms with van der Waals surface area (Å²) in [7, 11) is -3.92. The average molecular weight is 476 g/mol. The van der Waals surface area contributed by atoms with E-state index in [1.54, 1.807) is 18.2 Å². The second-order valence-electron chi connectivity index (χ2n) is 7.91. The van der Waals surface area contributed by atoms with Crippen LogP contribution in [0.4, 0.5) is 0 Å². The Hall–Kier alpha value is -2.68. The van der Waals surface area contributed by atoms with Crippen LogP contribution in [0.5, 0.6) is 5.75 Å². The number of fused-ring (bicyclic) bond motifs is 3. The van der Waals surface area contributed by atoms with E-state index in [1.165, 1.54) is 25.1 Å². The second-order valence-corrected chi connectivity index (χ2v) is 10.0. The minimum Gasteiger partial charge on any atom is -0.424 e. The van der Waals surface area contributed by atoms with Crippen molar-refractivity contribution in [3.05, 3.63) is 68.5 Å². The van der Waals surface area contributed by atoms with Crippen LogP contribution >= 0.6 is 11.6 Å². The van der Waals surface area contributed by atoms with Crippen LogP contribution in [-0.4, -0.2) is 20.4 Å². The largest absolute Gasteiger partial charge is 0.424 e. The molecular weight excluding hydrogens is 454 g/mol. The normalized spacial score (nSPS) is 14.7. The number of carbonyl (C=O) groups excluding carboxylic acids is 1. The molecule has 0 saturated heterocycles. The van der Waals surface area contributed by atoms with Crippen molar-refractivity contribution in [3.8, 4) is 5.75 Å². The fourth-order valence-corrected chi connectivity index (χ4v) is 5.18. The van der Waals surface area contributed by atoms with Crippen molar-refractivity contribution in [2.75, 3.05) is 0 Å². The number of halogens is 1. The smallest absolute Gasteiger partial charge is 0.339 e. The summed E-state index contributed by atoms with van der Waals surface area (Å²) in [6.07, 6.45) is 3.33. The summed E-state index contributed by atoms with van der Waals surface area (Å²) in [5.74, 6) is -0.855. The van der Waals surface area contributed by atoms with E-state index >= 15 is 0 Å². The molecule has 0 fully saturated rings. The Balaban J connectivity index is 1.57. The predicted molar refractivity (Wildman–Crippen MR) is 121 cm³/mol. The van der Waals surface area contributed by atoms with Crippen molar-refractivity contribution in [1.82, 2.24) is 4.72 Å². The Kier molecular flexibility index (Phi) is 6.11. The Morgan fingerprint density at radius 2 is 1.78 bits per heavy atom. The van der Waals surface area contributed by atoms with Gasteiger partial charge in [-0.15, -0.1) is 0 Å². The maximum Gasteiger partial charge on any atom is 0.339 e. The number of hydrogen-bond acceptors (Lipinski definition) is 6. The summed E-state index contributed by atoms with van der Waals surface area (Å²) in [6.45, 7) is 3.22. The molecule has 0 bridgehead atoms. The summed E-state index contributed by atoms with van der Waals surface area (Å²) in [4.78, 5) is 24.9. The van der Waals surface area contributed by atoms with Gasteiger partial charge in [0.05, 0.1) is 9.92 Å². The lowest BCUT2D eigenvalue weighted by Gasteiger charge is -2.17. The van der Waals surface area contributed by atoms with Gasteiger partial charge in [0, 0.05) is 17.0 Å². The summed E-state index contributed by atoms with van der Waals surface area (Å²) >= 11 is 6.34. The van der Waals surface area contributed by atoms with Gasteiger partial charge in [-0.3, -0.25) is 0 Å². The second kappa shape index (κ2) is 8.69. The number of benzene rings is 2. The molecule has 168 valence electrons. The van der Waals surface area contributed by atoms with E-state index in [4.69, 9.17) is 20.8 Å². The van der Waals surface area contributed by atoms with Crippen LogP contribution in [0.3, 0.4) is 0 Å². The van der Waals surface area contributed by atoms with Gasteiger partial charge in [-0.25, -0.2) is 18.0 Å². The number of esters is 1. The highest BCUT2D eigenvalue weighted by Crippen LogP contribution is 2.34. The van der Waals surface area contributed by atoms with Crippen molar-refractivity contribution in [2.45, 2.75) is 50.5 Å². The molecule has 1 atom stereocenters. The van der Waals surface area contributed by atoms with Gasteiger partial charge < -0.3 is 9.15 Å². The molecule has 9 heteroatoms. The number of ether oxygens (including phenoxy) is 1. The zero-order valence-corrected chi connectivity index (χ0v) is 19.2. The molecular formula is C23H22ClNO6S. The molecule has 0 saturated carbocycles. The molecule has 1 aliphatic carbocycles. The van der Waals surface area contributed by atoms with Gasteiger partial charge in [-0.05, 0) is 63.3 Å². The van der Waals surface area contributed by atoms with E-state index in [9.17, 15) is 18.0 Å². The highest BCUT2D eigenvalue weighted by Gasteiger charge is 2.25. The molecule has 0 spiro atoms. The lowest BCUT2D eigenvalue weighted by Crippen LogP contribution is -2.40. The lowest BCUT2D eigenvalue weighted by molar-refractivity contribution is -0.135. The monoisotopic (exact) mass is 475 g/mol. The van der Waals surface area contributed by atoms with E-state index < -0.39 is 27.7 Å². The maximum atomic E-state index is 12.6. The molecule has 0 aliphatic heterocycles. The third-order valence-corrected chi connectivity index (χ3v) is 7.36. The number of aryl methyl sites for hydroxylation is 2. The standard InChI is InChI=1S/C23H22ClNO6S/c1-13-7-9-15(10-8-13)32(28,29)25-14(2)22(26)31-21-12-20-18(11-19(21)24)16-5-3-4-6-17(16)23(27)30-20/h7-12,14,25H,3-6H2,1-2H3/t14-/m0/s1. The predicted octanol–water partition coefficient (Wildman–Crippen LogP) is 3.91. The first-order valence-electron chi connectivity index (χ1n) is 10.2. The molecule has 1 heterocycles. The number of hydrogen-bond donors (Lipinski definition) is 1. The quantitative estimate of drug-likeness (QED) is 0.341. The van der Waals surface area contributed by atoms with Crippen LogP contribution in [0.25, 0.3) is 11.0 Å². The number of sulfonamides is 1. The number of rotatable bonds is 5.